The number of amides is 2. The molecule has 0 bridgehead atoms. The first-order valence-corrected chi connectivity index (χ1v) is 10.5. The van der Waals surface area contributed by atoms with Gasteiger partial charge in [0.1, 0.15) is 5.82 Å². The number of esters is 1. The van der Waals surface area contributed by atoms with Crippen LogP contribution < -0.4 is 5.32 Å². The number of nitrogens with zero attached hydrogens (tertiary/aromatic N) is 2. The molecule has 2 aromatic carbocycles. The molecule has 2 aromatic rings. The van der Waals surface area contributed by atoms with E-state index < -0.39 is 11.8 Å². The van der Waals surface area contributed by atoms with E-state index in [2.05, 4.69) is 5.32 Å². The summed E-state index contributed by atoms with van der Waals surface area (Å²) in [5.74, 6) is -1.42. The molecule has 7 nitrogen and oxygen atoms in total. The van der Waals surface area contributed by atoms with Crippen LogP contribution in [0.2, 0.25) is 0 Å². The van der Waals surface area contributed by atoms with Gasteiger partial charge in [-0.05, 0) is 42.8 Å². The van der Waals surface area contributed by atoms with Crippen molar-refractivity contribution in [3.05, 3.63) is 71.6 Å². The van der Waals surface area contributed by atoms with Crippen LogP contribution in [0, 0.1) is 5.82 Å². The highest BCUT2D eigenvalue weighted by Gasteiger charge is 2.24. The Morgan fingerprint density at radius 2 is 1.72 bits per heavy atom. The van der Waals surface area contributed by atoms with Crippen LogP contribution in [-0.2, 0) is 14.3 Å². The largest absolute Gasteiger partial charge is 0.463 e. The van der Waals surface area contributed by atoms with Crippen molar-refractivity contribution in [1.82, 2.24) is 9.80 Å². The van der Waals surface area contributed by atoms with Crippen LogP contribution in [-0.4, -0.2) is 66.9 Å². The molecule has 0 saturated carbocycles. The summed E-state index contributed by atoms with van der Waals surface area (Å²) >= 11 is 0. The maximum absolute atomic E-state index is 13.9. The molecule has 1 heterocycles. The zero-order valence-corrected chi connectivity index (χ0v) is 17.9. The fourth-order valence-corrected chi connectivity index (χ4v) is 3.35. The molecule has 1 N–H and O–H groups in total. The minimum atomic E-state index is -0.526. The van der Waals surface area contributed by atoms with Gasteiger partial charge in [0.25, 0.3) is 5.91 Å². The molecule has 2 amide bonds. The van der Waals surface area contributed by atoms with Crippen LogP contribution in [0.3, 0.4) is 0 Å². The molecule has 1 fully saturated rings. The monoisotopic (exact) mass is 439 g/mol. The molecule has 32 heavy (non-hydrogen) atoms. The maximum Gasteiger partial charge on any atom is 0.330 e. The summed E-state index contributed by atoms with van der Waals surface area (Å²) in [6.45, 7) is 4.20. The first kappa shape index (κ1) is 23.1. The average Bonchev–Trinajstić information content (AvgIpc) is 2.79. The number of anilines is 1. The van der Waals surface area contributed by atoms with Gasteiger partial charge in [-0.1, -0.05) is 24.3 Å². The van der Waals surface area contributed by atoms with E-state index >= 15 is 0 Å². The Hall–Kier alpha value is -3.52. The smallest absolute Gasteiger partial charge is 0.330 e. The second-order valence-electron chi connectivity index (χ2n) is 7.30. The molecule has 168 valence electrons. The van der Waals surface area contributed by atoms with Crippen molar-refractivity contribution in [3.63, 3.8) is 0 Å². The van der Waals surface area contributed by atoms with Crippen molar-refractivity contribution < 1.29 is 23.5 Å². The summed E-state index contributed by atoms with van der Waals surface area (Å²) in [5, 5.41) is 2.84. The highest BCUT2D eigenvalue weighted by atomic mass is 19.1. The number of ether oxygens (including phenoxy) is 1. The van der Waals surface area contributed by atoms with Crippen molar-refractivity contribution in [2.24, 2.45) is 0 Å². The van der Waals surface area contributed by atoms with Crippen molar-refractivity contribution in [2.45, 2.75) is 6.92 Å². The molecule has 0 atom stereocenters. The van der Waals surface area contributed by atoms with Crippen LogP contribution in [0.15, 0.2) is 54.6 Å². The molecule has 8 heteroatoms. The lowest BCUT2D eigenvalue weighted by Gasteiger charge is -2.34. The second kappa shape index (κ2) is 11.2. The number of nitrogens with one attached hydrogen (secondary N) is 1. The Balaban J connectivity index is 1.45. The third-order valence-corrected chi connectivity index (χ3v) is 5.02. The molecule has 1 saturated heterocycles. The Labute approximate surface area is 186 Å². The normalized spacial score (nSPS) is 14.4. The summed E-state index contributed by atoms with van der Waals surface area (Å²) in [6.07, 6.45) is 3.00. The summed E-state index contributed by atoms with van der Waals surface area (Å²) < 4.78 is 18.7. The maximum atomic E-state index is 13.9. The van der Waals surface area contributed by atoms with Gasteiger partial charge in [0.15, 0.2) is 0 Å². The Kier molecular flexibility index (Phi) is 8.10. The average molecular weight is 439 g/mol. The molecule has 0 aromatic heterocycles. The van der Waals surface area contributed by atoms with Crippen LogP contribution in [0.4, 0.5) is 10.1 Å². The Morgan fingerprint density at radius 1 is 1.03 bits per heavy atom. The lowest BCUT2D eigenvalue weighted by atomic mass is 10.1. The Morgan fingerprint density at radius 3 is 2.38 bits per heavy atom. The molecule has 0 aliphatic carbocycles. The van der Waals surface area contributed by atoms with E-state index in [1.807, 2.05) is 4.90 Å². The molecular formula is C24H26FN3O4. The van der Waals surface area contributed by atoms with Gasteiger partial charge in [0.05, 0.1) is 18.7 Å². The van der Waals surface area contributed by atoms with E-state index in [0.29, 0.717) is 38.5 Å². The molecule has 0 radical (unpaired) electrons. The van der Waals surface area contributed by atoms with Crippen LogP contribution in [0.1, 0.15) is 22.8 Å². The van der Waals surface area contributed by atoms with E-state index in [4.69, 9.17) is 4.74 Å². The fourth-order valence-electron chi connectivity index (χ4n) is 3.35. The third-order valence-electron chi connectivity index (χ3n) is 5.02. The van der Waals surface area contributed by atoms with Crippen molar-refractivity contribution >= 4 is 29.5 Å². The number of halogens is 1. The van der Waals surface area contributed by atoms with Gasteiger partial charge in [-0.15, -0.1) is 0 Å². The molecule has 1 aliphatic heterocycles. The van der Waals surface area contributed by atoms with Gasteiger partial charge in [0.2, 0.25) is 5.91 Å². The van der Waals surface area contributed by atoms with E-state index in [1.54, 1.807) is 54.3 Å². The zero-order valence-electron chi connectivity index (χ0n) is 17.9. The standard InChI is InChI=1S/C24H26FN3O4/c1-2-32-23(30)12-9-18-7-10-19(11-8-18)26-22(29)17-27-13-15-28(16-14-27)24(31)20-5-3-4-6-21(20)25/h3-12H,2,13-17H2,1H3,(H,26,29)/b12-9+. The van der Waals surface area contributed by atoms with Gasteiger partial charge in [0, 0.05) is 37.9 Å². The lowest BCUT2D eigenvalue weighted by Crippen LogP contribution is -2.50. The zero-order chi connectivity index (χ0) is 22.9. The molecule has 0 spiro atoms. The minimum Gasteiger partial charge on any atom is -0.463 e. The first-order valence-electron chi connectivity index (χ1n) is 10.5. The number of rotatable bonds is 7. The molecule has 0 unspecified atom stereocenters. The third kappa shape index (κ3) is 6.49. The predicted octanol–water partition coefficient (Wildman–Crippen LogP) is 2.80. The number of piperazine rings is 1. The van der Waals surface area contributed by atoms with E-state index in [9.17, 15) is 18.8 Å². The summed E-state index contributed by atoms with van der Waals surface area (Å²) in [7, 11) is 0. The van der Waals surface area contributed by atoms with Crippen LogP contribution in [0.25, 0.3) is 6.08 Å². The van der Waals surface area contributed by atoms with E-state index in [0.717, 1.165) is 5.56 Å². The van der Waals surface area contributed by atoms with Crippen molar-refractivity contribution in [1.29, 1.82) is 0 Å². The van der Waals surface area contributed by atoms with Crippen molar-refractivity contribution in [3.8, 4) is 0 Å². The molecular weight excluding hydrogens is 413 g/mol. The number of carbonyl (C=O) groups is 3. The molecule has 1 aliphatic rings. The van der Waals surface area contributed by atoms with E-state index in [-0.39, 0.29) is 23.9 Å². The summed E-state index contributed by atoms with van der Waals surface area (Å²) in [5.41, 5.74) is 1.53. The summed E-state index contributed by atoms with van der Waals surface area (Å²) in [6, 6.07) is 13.0. The highest BCUT2D eigenvalue weighted by molar-refractivity contribution is 5.95. The number of benzene rings is 2. The predicted molar refractivity (Wildman–Crippen MR) is 119 cm³/mol. The van der Waals surface area contributed by atoms with Crippen LogP contribution in [0.5, 0.6) is 0 Å². The first-order chi connectivity index (χ1) is 15.5. The summed E-state index contributed by atoms with van der Waals surface area (Å²) in [4.78, 5) is 39.8. The fraction of sp³-hybridized carbons (Fsp3) is 0.292. The number of carbonyl (C=O) groups excluding carboxylic acids is 3. The number of hydrogen-bond acceptors (Lipinski definition) is 5. The Bertz CT molecular complexity index is 983. The van der Waals surface area contributed by atoms with Gasteiger partial charge in [-0.2, -0.15) is 0 Å². The van der Waals surface area contributed by atoms with Gasteiger partial charge >= 0.3 is 5.97 Å². The van der Waals surface area contributed by atoms with Gasteiger partial charge in [-0.25, -0.2) is 9.18 Å². The number of hydrogen-bond donors (Lipinski definition) is 1. The highest BCUT2D eigenvalue weighted by Crippen LogP contribution is 2.14. The van der Waals surface area contributed by atoms with E-state index in [1.165, 1.54) is 18.2 Å². The van der Waals surface area contributed by atoms with Crippen molar-refractivity contribution in [2.75, 3.05) is 44.6 Å². The second-order valence-corrected chi connectivity index (χ2v) is 7.30. The van der Waals surface area contributed by atoms with Crippen LogP contribution >= 0.6 is 0 Å². The quantitative estimate of drug-likeness (QED) is 0.530. The SMILES string of the molecule is CCOC(=O)/C=C/c1ccc(NC(=O)CN2CCN(C(=O)c3ccccc3F)CC2)cc1. The van der Waals surface area contributed by atoms with Gasteiger partial charge < -0.3 is 15.0 Å². The van der Waals surface area contributed by atoms with Gasteiger partial charge in [-0.3, -0.25) is 14.5 Å². The molecule has 3 rings (SSSR count). The lowest BCUT2D eigenvalue weighted by molar-refractivity contribution is -0.137. The minimum absolute atomic E-state index is 0.0687. The topological polar surface area (TPSA) is 79.0 Å².